The van der Waals surface area contributed by atoms with Gasteiger partial charge in [-0.25, -0.2) is 0 Å². The molecule has 0 radical (unpaired) electrons. The molecular formula is C14H33NO3Si2. The van der Waals surface area contributed by atoms with Crippen molar-refractivity contribution in [2.24, 2.45) is 0 Å². The molecule has 0 unspecified atom stereocenters. The van der Waals surface area contributed by atoms with Gasteiger partial charge in [-0.05, 0) is 47.1 Å². The average molecular weight is 320 g/mol. The van der Waals surface area contributed by atoms with E-state index in [1.807, 2.05) is 20.8 Å². The van der Waals surface area contributed by atoms with Gasteiger partial charge >= 0.3 is 8.80 Å². The van der Waals surface area contributed by atoms with Gasteiger partial charge in [0.25, 0.3) is 0 Å². The van der Waals surface area contributed by atoms with E-state index in [9.17, 15) is 0 Å². The molecule has 0 saturated carbocycles. The molecule has 6 heteroatoms. The molecule has 0 atom stereocenters. The number of hydrogen-bond donors (Lipinski definition) is 1. The van der Waals surface area contributed by atoms with E-state index in [2.05, 4.69) is 18.8 Å². The van der Waals surface area contributed by atoms with Crippen molar-refractivity contribution in [2.45, 2.75) is 53.9 Å². The van der Waals surface area contributed by atoms with Crippen molar-refractivity contribution in [2.75, 3.05) is 26.4 Å². The van der Waals surface area contributed by atoms with Crippen LogP contribution in [0, 0.1) is 0 Å². The standard InChI is InChI=1S/C14H33NO3Si2/c1-6-10-13(5)14(11-12-15-19)20(16-7-2,17-8-3)18-9-4/h15H,6-12H2,1-5,19H3. The molecular weight excluding hydrogens is 286 g/mol. The Bertz CT molecular complexity index is 269. The quantitative estimate of drug-likeness (QED) is 0.558. The first kappa shape index (κ1) is 20.0. The highest BCUT2D eigenvalue weighted by Gasteiger charge is 2.45. The molecule has 0 bridgehead atoms. The first-order chi connectivity index (χ1) is 9.61. The van der Waals surface area contributed by atoms with Crippen molar-refractivity contribution in [1.29, 1.82) is 0 Å². The van der Waals surface area contributed by atoms with Crippen LogP contribution in [0.4, 0.5) is 0 Å². The molecule has 0 aliphatic heterocycles. The summed E-state index contributed by atoms with van der Waals surface area (Å²) in [6.45, 7) is 13.3. The Morgan fingerprint density at radius 2 is 1.45 bits per heavy atom. The van der Waals surface area contributed by atoms with E-state index >= 15 is 0 Å². The van der Waals surface area contributed by atoms with Gasteiger partial charge < -0.3 is 18.3 Å². The Balaban J connectivity index is 5.49. The first-order valence-electron chi connectivity index (χ1n) is 7.87. The third-order valence-electron chi connectivity index (χ3n) is 3.14. The summed E-state index contributed by atoms with van der Waals surface area (Å²) in [7, 11) is -1.70. The summed E-state index contributed by atoms with van der Waals surface area (Å²) in [6, 6.07) is 0. The topological polar surface area (TPSA) is 39.7 Å². The summed E-state index contributed by atoms with van der Waals surface area (Å²) in [5.74, 6) is 0. The fourth-order valence-electron chi connectivity index (χ4n) is 2.36. The molecule has 0 rings (SSSR count). The monoisotopic (exact) mass is 319 g/mol. The second-order valence-corrected chi connectivity index (χ2v) is 8.01. The molecule has 1 N–H and O–H groups in total. The fraction of sp³-hybridized carbons (Fsp3) is 0.857. The van der Waals surface area contributed by atoms with Crippen LogP contribution in [0.2, 0.25) is 0 Å². The van der Waals surface area contributed by atoms with Crippen LogP contribution in [0.1, 0.15) is 53.9 Å². The number of allylic oxidation sites excluding steroid dienone is 1. The normalized spacial score (nSPS) is 13.7. The van der Waals surface area contributed by atoms with E-state index in [0.29, 0.717) is 19.8 Å². The number of rotatable bonds is 12. The van der Waals surface area contributed by atoms with Crippen LogP contribution in [0.3, 0.4) is 0 Å². The van der Waals surface area contributed by atoms with E-state index in [-0.39, 0.29) is 0 Å². The van der Waals surface area contributed by atoms with Crippen molar-refractivity contribution in [3.8, 4) is 0 Å². The Kier molecular flexibility index (Phi) is 11.7. The van der Waals surface area contributed by atoms with Gasteiger partial charge in [-0.1, -0.05) is 18.9 Å². The summed E-state index contributed by atoms with van der Waals surface area (Å²) in [5.41, 5.74) is 1.38. The third-order valence-corrected chi connectivity index (χ3v) is 7.06. The summed E-state index contributed by atoms with van der Waals surface area (Å²) >= 11 is 0. The minimum absolute atomic E-state index is 0.628. The van der Waals surface area contributed by atoms with Crippen molar-refractivity contribution in [1.82, 2.24) is 4.98 Å². The molecule has 0 saturated heterocycles. The van der Waals surface area contributed by atoms with Crippen molar-refractivity contribution >= 4 is 19.2 Å². The van der Waals surface area contributed by atoms with Crippen LogP contribution >= 0.6 is 0 Å². The molecule has 4 nitrogen and oxygen atoms in total. The molecule has 0 aliphatic carbocycles. The second kappa shape index (κ2) is 11.6. The van der Waals surface area contributed by atoms with Crippen LogP contribution in [0.5, 0.6) is 0 Å². The summed E-state index contributed by atoms with van der Waals surface area (Å²) in [6.07, 6.45) is 3.18. The van der Waals surface area contributed by atoms with Crippen LogP contribution in [-0.2, 0) is 13.3 Å². The molecule has 0 spiro atoms. The largest absolute Gasteiger partial charge is 0.532 e. The molecule has 0 fully saturated rings. The van der Waals surface area contributed by atoms with E-state index < -0.39 is 8.80 Å². The highest BCUT2D eigenvalue weighted by atomic mass is 28.4. The molecule has 120 valence electrons. The summed E-state index contributed by atoms with van der Waals surface area (Å²) in [5, 5.41) is 1.29. The van der Waals surface area contributed by atoms with Gasteiger partial charge in [0.1, 0.15) is 0 Å². The predicted octanol–water partition coefficient (Wildman–Crippen LogP) is 1.95. The lowest BCUT2D eigenvalue weighted by atomic mass is 10.1. The minimum atomic E-state index is -2.71. The molecule has 0 aromatic heterocycles. The van der Waals surface area contributed by atoms with Crippen LogP contribution in [0.25, 0.3) is 0 Å². The Hall–Kier alpha value is 0.0138. The van der Waals surface area contributed by atoms with Crippen molar-refractivity contribution in [3.05, 3.63) is 10.8 Å². The zero-order valence-corrected chi connectivity index (χ0v) is 17.2. The van der Waals surface area contributed by atoms with Crippen LogP contribution in [-0.4, -0.2) is 45.6 Å². The third kappa shape index (κ3) is 6.19. The van der Waals surface area contributed by atoms with Gasteiger partial charge in [0.05, 0.1) is 10.4 Å². The number of hydrogen-bond acceptors (Lipinski definition) is 4. The lowest BCUT2D eigenvalue weighted by molar-refractivity contribution is 0.0794. The van der Waals surface area contributed by atoms with Crippen molar-refractivity contribution < 1.29 is 13.3 Å². The maximum Gasteiger partial charge on any atom is 0.532 e. The summed E-state index contributed by atoms with van der Waals surface area (Å²) < 4.78 is 18.2. The SMILES string of the molecule is CCCC(C)=C(CCN[SiH3])[Si](OCC)(OCC)OCC. The Morgan fingerprint density at radius 1 is 0.950 bits per heavy atom. The summed E-state index contributed by atoms with van der Waals surface area (Å²) in [4.78, 5) is 3.35. The van der Waals surface area contributed by atoms with Gasteiger partial charge in [-0.2, -0.15) is 0 Å². The van der Waals surface area contributed by atoms with E-state index in [4.69, 9.17) is 13.3 Å². The minimum Gasteiger partial charge on any atom is -0.370 e. The van der Waals surface area contributed by atoms with E-state index in [1.54, 1.807) is 0 Å². The zero-order valence-electron chi connectivity index (χ0n) is 14.2. The Morgan fingerprint density at radius 3 is 1.80 bits per heavy atom. The van der Waals surface area contributed by atoms with E-state index in [0.717, 1.165) is 36.2 Å². The zero-order chi connectivity index (χ0) is 15.4. The highest BCUT2D eigenvalue weighted by Crippen LogP contribution is 2.28. The first-order valence-corrected chi connectivity index (χ1v) is 10.6. The van der Waals surface area contributed by atoms with Crippen LogP contribution < -0.4 is 4.98 Å². The maximum absolute atomic E-state index is 6.06. The smallest absolute Gasteiger partial charge is 0.370 e. The van der Waals surface area contributed by atoms with Gasteiger partial charge in [0.15, 0.2) is 0 Å². The average Bonchev–Trinajstić information content (AvgIpc) is 2.40. The molecule has 0 aromatic carbocycles. The van der Waals surface area contributed by atoms with E-state index in [1.165, 1.54) is 10.8 Å². The molecule has 0 aliphatic rings. The van der Waals surface area contributed by atoms with Gasteiger partial charge in [-0.15, -0.1) is 0 Å². The van der Waals surface area contributed by atoms with Gasteiger partial charge in [-0.3, -0.25) is 0 Å². The molecule has 0 amide bonds. The highest BCUT2D eigenvalue weighted by molar-refractivity contribution is 6.69. The predicted molar refractivity (Wildman–Crippen MR) is 90.8 cm³/mol. The second-order valence-electron chi connectivity index (χ2n) is 4.72. The maximum atomic E-state index is 6.06. The lowest BCUT2D eigenvalue weighted by Crippen LogP contribution is -2.49. The molecule has 0 heterocycles. The molecule has 0 aromatic rings. The van der Waals surface area contributed by atoms with Gasteiger partial charge in [0.2, 0.25) is 0 Å². The Labute approximate surface area is 129 Å². The fourth-order valence-corrected chi connectivity index (χ4v) is 5.60. The number of nitrogens with one attached hydrogen (secondary N) is 1. The lowest BCUT2D eigenvalue weighted by Gasteiger charge is -2.32. The van der Waals surface area contributed by atoms with Crippen LogP contribution in [0.15, 0.2) is 10.8 Å². The van der Waals surface area contributed by atoms with Gasteiger partial charge in [0, 0.05) is 25.0 Å². The van der Waals surface area contributed by atoms with Crippen molar-refractivity contribution in [3.63, 3.8) is 0 Å². The molecule has 20 heavy (non-hydrogen) atoms.